The smallest absolute Gasteiger partial charge is 0.254 e. The van der Waals surface area contributed by atoms with Crippen LogP contribution in [0.15, 0.2) is 0 Å². The van der Waals surface area contributed by atoms with Gasteiger partial charge in [0, 0.05) is 26.7 Å². The lowest BCUT2D eigenvalue weighted by molar-refractivity contribution is -0.157. The standard InChI is InChI=1S/C16H29N3O2/c1-21-16(5-7-17-8-6-16)15(20)19-11-4-14(13-19)12-18-9-2-3-10-18/h14,17H,2-13H2,1H3. The first-order valence-electron chi connectivity index (χ1n) is 8.51. The lowest BCUT2D eigenvalue weighted by Crippen LogP contribution is -2.55. The molecule has 0 saturated carbocycles. The monoisotopic (exact) mass is 295 g/mol. The molecule has 3 rings (SSSR count). The Hall–Kier alpha value is -0.650. The maximum Gasteiger partial charge on any atom is 0.254 e. The van der Waals surface area contributed by atoms with Gasteiger partial charge in [0.2, 0.25) is 0 Å². The largest absolute Gasteiger partial charge is 0.368 e. The zero-order valence-corrected chi connectivity index (χ0v) is 13.3. The zero-order chi connectivity index (χ0) is 14.7. The number of ether oxygens (including phenoxy) is 1. The number of nitrogens with zero attached hydrogens (tertiary/aromatic N) is 2. The van der Waals surface area contributed by atoms with Crippen molar-refractivity contribution in [3.8, 4) is 0 Å². The number of carbonyl (C=O) groups is 1. The summed E-state index contributed by atoms with van der Waals surface area (Å²) < 4.78 is 5.68. The zero-order valence-electron chi connectivity index (χ0n) is 13.3. The van der Waals surface area contributed by atoms with Gasteiger partial charge in [0.25, 0.3) is 5.91 Å². The van der Waals surface area contributed by atoms with Crippen molar-refractivity contribution in [1.82, 2.24) is 15.1 Å². The molecule has 0 aliphatic carbocycles. The molecule has 0 aromatic carbocycles. The van der Waals surface area contributed by atoms with Crippen LogP contribution in [-0.4, -0.2) is 74.2 Å². The molecule has 1 N–H and O–H groups in total. The molecule has 3 aliphatic heterocycles. The molecule has 3 saturated heterocycles. The van der Waals surface area contributed by atoms with Gasteiger partial charge in [0.05, 0.1) is 0 Å². The van der Waals surface area contributed by atoms with Crippen molar-refractivity contribution in [2.75, 3.05) is 52.9 Å². The van der Waals surface area contributed by atoms with Crippen molar-refractivity contribution in [1.29, 1.82) is 0 Å². The van der Waals surface area contributed by atoms with E-state index in [2.05, 4.69) is 15.1 Å². The number of hydrogen-bond acceptors (Lipinski definition) is 4. The summed E-state index contributed by atoms with van der Waals surface area (Å²) in [6, 6.07) is 0. The molecule has 5 nitrogen and oxygen atoms in total. The highest BCUT2D eigenvalue weighted by molar-refractivity contribution is 5.85. The highest BCUT2D eigenvalue weighted by atomic mass is 16.5. The lowest BCUT2D eigenvalue weighted by atomic mass is 9.90. The Bertz CT molecular complexity index is 363. The second-order valence-electron chi connectivity index (χ2n) is 6.86. The van der Waals surface area contributed by atoms with E-state index >= 15 is 0 Å². The minimum absolute atomic E-state index is 0.232. The summed E-state index contributed by atoms with van der Waals surface area (Å²) in [4.78, 5) is 17.5. The van der Waals surface area contributed by atoms with E-state index in [1.807, 2.05) is 0 Å². The second kappa shape index (κ2) is 6.63. The van der Waals surface area contributed by atoms with Gasteiger partial charge in [-0.15, -0.1) is 0 Å². The molecule has 21 heavy (non-hydrogen) atoms. The van der Waals surface area contributed by atoms with Crippen LogP contribution < -0.4 is 5.32 Å². The van der Waals surface area contributed by atoms with Gasteiger partial charge in [0.15, 0.2) is 0 Å². The van der Waals surface area contributed by atoms with Gasteiger partial charge >= 0.3 is 0 Å². The molecule has 1 amide bonds. The predicted molar refractivity (Wildman–Crippen MR) is 82.2 cm³/mol. The maximum absolute atomic E-state index is 12.9. The first kappa shape index (κ1) is 15.3. The Morgan fingerprint density at radius 3 is 2.62 bits per heavy atom. The van der Waals surface area contributed by atoms with Crippen molar-refractivity contribution in [2.45, 2.75) is 37.7 Å². The van der Waals surface area contributed by atoms with Gasteiger partial charge in [-0.25, -0.2) is 0 Å². The van der Waals surface area contributed by atoms with Crippen molar-refractivity contribution < 1.29 is 9.53 Å². The number of piperidine rings is 1. The van der Waals surface area contributed by atoms with Gasteiger partial charge in [0.1, 0.15) is 5.60 Å². The van der Waals surface area contributed by atoms with Crippen LogP contribution in [0.2, 0.25) is 0 Å². The summed E-state index contributed by atoms with van der Waals surface area (Å²) in [5, 5.41) is 3.32. The average molecular weight is 295 g/mol. The van der Waals surface area contributed by atoms with Crippen LogP contribution in [0.1, 0.15) is 32.1 Å². The van der Waals surface area contributed by atoms with Gasteiger partial charge < -0.3 is 19.9 Å². The third-order valence-corrected chi connectivity index (χ3v) is 5.48. The predicted octanol–water partition coefficient (Wildman–Crippen LogP) is 0.699. The van der Waals surface area contributed by atoms with Crippen molar-refractivity contribution in [3.05, 3.63) is 0 Å². The molecule has 0 spiro atoms. The molecule has 120 valence electrons. The molecule has 0 bridgehead atoms. The van der Waals surface area contributed by atoms with Crippen LogP contribution in [-0.2, 0) is 9.53 Å². The van der Waals surface area contributed by atoms with Crippen LogP contribution in [0, 0.1) is 5.92 Å². The minimum Gasteiger partial charge on any atom is -0.368 e. The molecule has 1 atom stereocenters. The third kappa shape index (κ3) is 3.25. The molecule has 0 aromatic heterocycles. The topological polar surface area (TPSA) is 44.8 Å². The second-order valence-corrected chi connectivity index (χ2v) is 6.86. The van der Waals surface area contributed by atoms with E-state index in [1.54, 1.807) is 7.11 Å². The van der Waals surface area contributed by atoms with Crippen LogP contribution in [0.3, 0.4) is 0 Å². The molecule has 5 heteroatoms. The van der Waals surface area contributed by atoms with E-state index < -0.39 is 5.60 Å². The average Bonchev–Trinajstić information content (AvgIpc) is 3.19. The fraction of sp³-hybridized carbons (Fsp3) is 0.938. The number of rotatable bonds is 4. The Labute approximate surface area is 128 Å². The molecular formula is C16H29N3O2. The summed E-state index contributed by atoms with van der Waals surface area (Å²) in [7, 11) is 1.70. The molecule has 3 fully saturated rings. The van der Waals surface area contributed by atoms with E-state index in [4.69, 9.17) is 4.74 Å². The maximum atomic E-state index is 12.9. The quantitative estimate of drug-likeness (QED) is 0.829. The first-order chi connectivity index (χ1) is 10.2. The van der Waals surface area contributed by atoms with E-state index in [-0.39, 0.29) is 5.91 Å². The highest BCUT2D eigenvalue weighted by Crippen LogP contribution is 2.29. The normalized spacial score (nSPS) is 30.0. The van der Waals surface area contributed by atoms with E-state index in [9.17, 15) is 4.79 Å². The van der Waals surface area contributed by atoms with E-state index in [1.165, 1.54) is 32.5 Å². The summed E-state index contributed by atoms with van der Waals surface area (Å²) >= 11 is 0. The number of methoxy groups -OCH3 is 1. The molecular weight excluding hydrogens is 266 g/mol. The molecule has 1 unspecified atom stereocenters. The molecule has 0 aromatic rings. The van der Waals surface area contributed by atoms with Crippen molar-refractivity contribution in [2.24, 2.45) is 5.92 Å². The fourth-order valence-corrected chi connectivity index (χ4v) is 4.12. The van der Waals surface area contributed by atoms with Crippen molar-refractivity contribution >= 4 is 5.91 Å². The van der Waals surface area contributed by atoms with Crippen LogP contribution in [0.5, 0.6) is 0 Å². The Morgan fingerprint density at radius 2 is 1.95 bits per heavy atom. The summed E-state index contributed by atoms with van der Waals surface area (Å²) in [5.41, 5.74) is -0.562. The van der Waals surface area contributed by atoms with Gasteiger partial charge in [-0.3, -0.25) is 4.79 Å². The number of likely N-dealkylation sites (tertiary alicyclic amines) is 2. The van der Waals surface area contributed by atoms with E-state index in [0.29, 0.717) is 5.92 Å². The Kier molecular flexibility index (Phi) is 4.82. The van der Waals surface area contributed by atoms with Gasteiger partial charge in [-0.1, -0.05) is 0 Å². The molecule has 3 aliphatic rings. The molecule has 0 radical (unpaired) electrons. The third-order valence-electron chi connectivity index (χ3n) is 5.48. The highest BCUT2D eigenvalue weighted by Gasteiger charge is 2.44. The van der Waals surface area contributed by atoms with Crippen LogP contribution >= 0.6 is 0 Å². The number of amides is 1. The number of hydrogen-bond donors (Lipinski definition) is 1. The van der Waals surface area contributed by atoms with Crippen molar-refractivity contribution in [3.63, 3.8) is 0 Å². The summed E-state index contributed by atoms with van der Waals surface area (Å²) in [5.74, 6) is 0.887. The van der Waals surface area contributed by atoms with Crippen LogP contribution in [0.4, 0.5) is 0 Å². The van der Waals surface area contributed by atoms with E-state index in [0.717, 1.165) is 45.4 Å². The number of carbonyl (C=O) groups excluding carboxylic acids is 1. The Morgan fingerprint density at radius 1 is 1.24 bits per heavy atom. The fourth-order valence-electron chi connectivity index (χ4n) is 4.12. The lowest BCUT2D eigenvalue weighted by Gasteiger charge is -2.37. The minimum atomic E-state index is -0.562. The van der Waals surface area contributed by atoms with Crippen LogP contribution in [0.25, 0.3) is 0 Å². The van der Waals surface area contributed by atoms with Gasteiger partial charge in [-0.2, -0.15) is 0 Å². The van der Waals surface area contributed by atoms with Gasteiger partial charge in [-0.05, 0) is 64.2 Å². The number of nitrogens with one attached hydrogen (secondary N) is 1. The SMILES string of the molecule is COC1(C(=O)N2CCC(CN3CCCC3)C2)CCNCC1. The summed E-state index contributed by atoms with van der Waals surface area (Å²) in [6.45, 7) is 7.26. The Balaban J connectivity index is 1.55. The molecule has 3 heterocycles. The summed E-state index contributed by atoms with van der Waals surface area (Å²) in [6.07, 6.45) is 5.44. The first-order valence-corrected chi connectivity index (χ1v) is 8.51.